The summed E-state index contributed by atoms with van der Waals surface area (Å²) >= 11 is 0. The number of fused-ring (bicyclic) bond motifs is 1. The average Bonchev–Trinajstić information content (AvgIpc) is 2.89. The molecule has 1 amide bonds. The number of imidazole rings is 1. The van der Waals surface area contributed by atoms with Crippen molar-refractivity contribution in [1.29, 1.82) is 0 Å². The van der Waals surface area contributed by atoms with Gasteiger partial charge in [-0.1, -0.05) is 0 Å². The number of nitrogens with zero attached hydrogens (tertiary/aromatic N) is 1. The molecule has 0 aliphatic heterocycles. The number of amides is 1. The number of carbonyl (C=O) groups is 1. The fourth-order valence-corrected chi connectivity index (χ4v) is 2.38. The van der Waals surface area contributed by atoms with Gasteiger partial charge in [0.25, 0.3) is 0 Å². The van der Waals surface area contributed by atoms with Gasteiger partial charge >= 0.3 is 11.8 Å². The van der Waals surface area contributed by atoms with Crippen molar-refractivity contribution in [1.82, 2.24) is 15.0 Å². The largest absolute Gasteiger partial charge is 0.455 e. The van der Waals surface area contributed by atoms with E-state index in [1.165, 1.54) is 0 Å². The SMILES string of the molecule is Cc1cc(NC(=O)OC(C)(C)C)ccc1Oc1ccnc2[nH]c(=O)[nH]c12. The molecular formula is C18H20N4O4. The summed E-state index contributed by atoms with van der Waals surface area (Å²) in [6.45, 7) is 7.26. The highest BCUT2D eigenvalue weighted by atomic mass is 16.6. The molecule has 0 saturated carbocycles. The number of benzene rings is 1. The van der Waals surface area contributed by atoms with Gasteiger partial charge in [0.15, 0.2) is 11.4 Å². The first kappa shape index (κ1) is 17.5. The summed E-state index contributed by atoms with van der Waals surface area (Å²) in [5.41, 5.74) is 1.40. The second-order valence-corrected chi connectivity index (χ2v) is 6.82. The molecule has 2 heterocycles. The molecular weight excluding hydrogens is 336 g/mol. The van der Waals surface area contributed by atoms with Gasteiger partial charge in [-0.25, -0.2) is 14.6 Å². The summed E-state index contributed by atoms with van der Waals surface area (Å²) in [7, 11) is 0. The molecule has 3 rings (SSSR count). The molecule has 3 N–H and O–H groups in total. The Labute approximate surface area is 149 Å². The molecule has 0 aliphatic carbocycles. The number of nitrogens with one attached hydrogen (secondary N) is 3. The third-order valence-corrected chi connectivity index (χ3v) is 3.42. The van der Waals surface area contributed by atoms with Gasteiger partial charge in [0, 0.05) is 18.0 Å². The molecule has 8 heteroatoms. The van der Waals surface area contributed by atoms with Crippen LogP contribution < -0.4 is 15.7 Å². The van der Waals surface area contributed by atoms with Crippen molar-refractivity contribution in [3.05, 3.63) is 46.5 Å². The zero-order valence-corrected chi connectivity index (χ0v) is 15.0. The van der Waals surface area contributed by atoms with Crippen LogP contribution >= 0.6 is 0 Å². The predicted molar refractivity (Wildman–Crippen MR) is 97.8 cm³/mol. The lowest BCUT2D eigenvalue weighted by Gasteiger charge is -2.20. The van der Waals surface area contributed by atoms with Crippen molar-refractivity contribution in [2.24, 2.45) is 0 Å². The van der Waals surface area contributed by atoms with E-state index in [2.05, 4.69) is 20.3 Å². The Morgan fingerprint density at radius 3 is 2.62 bits per heavy atom. The summed E-state index contributed by atoms with van der Waals surface area (Å²) < 4.78 is 11.1. The standard InChI is InChI=1S/C18H20N4O4/c1-10-9-11(20-17(24)26-18(2,3)4)5-6-12(10)25-13-7-8-19-15-14(13)21-16(23)22-15/h5-9H,1-4H3,(H,20,24)(H2,19,21,22,23). The van der Waals surface area contributed by atoms with E-state index in [1.807, 2.05) is 6.92 Å². The third-order valence-electron chi connectivity index (χ3n) is 3.42. The number of hydrogen-bond acceptors (Lipinski definition) is 5. The maximum absolute atomic E-state index is 11.9. The van der Waals surface area contributed by atoms with Crippen molar-refractivity contribution in [2.75, 3.05) is 5.32 Å². The van der Waals surface area contributed by atoms with Crippen LogP contribution in [-0.2, 0) is 4.74 Å². The summed E-state index contributed by atoms with van der Waals surface area (Å²) in [4.78, 5) is 32.6. The highest BCUT2D eigenvalue weighted by Crippen LogP contribution is 2.30. The minimum absolute atomic E-state index is 0.350. The minimum Gasteiger partial charge on any atom is -0.455 e. The Bertz CT molecular complexity index is 1010. The van der Waals surface area contributed by atoms with Gasteiger partial charge in [0.2, 0.25) is 0 Å². The number of anilines is 1. The molecule has 26 heavy (non-hydrogen) atoms. The Morgan fingerprint density at radius 1 is 1.15 bits per heavy atom. The number of aromatic nitrogens is 3. The van der Waals surface area contributed by atoms with E-state index >= 15 is 0 Å². The molecule has 0 spiro atoms. The van der Waals surface area contributed by atoms with Crippen molar-refractivity contribution in [2.45, 2.75) is 33.3 Å². The lowest BCUT2D eigenvalue weighted by molar-refractivity contribution is 0.0636. The average molecular weight is 356 g/mol. The van der Waals surface area contributed by atoms with Crippen LogP contribution in [0.25, 0.3) is 11.2 Å². The van der Waals surface area contributed by atoms with Crippen LogP contribution in [0.1, 0.15) is 26.3 Å². The van der Waals surface area contributed by atoms with Crippen LogP contribution in [-0.4, -0.2) is 26.6 Å². The zero-order chi connectivity index (χ0) is 18.9. The number of aryl methyl sites for hydroxylation is 1. The molecule has 136 valence electrons. The van der Waals surface area contributed by atoms with Gasteiger partial charge in [0.05, 0.1) is 0 Å². The topological polar surface area (TPSA) is 109 Å². The number of hydrogen-bond donors (Lipinski definition) is 3. The van der Waals surface area contributed by atoms with Crippen molar-refractivity contribution >= 4 is 22.9 Å². The molecule has 0 saturated heterocycles. The molecule has 0 aliphatic rings. The van der Waals surface area contributed by atoms with E-state index in [9.17, 15) is 9.59 Å². The fourth-order valence-electron chi connectivity index (χ4n) is 2.38. The molecule has 0 unspecified atom stereocenters. The number of ether oxygens (including phenoxy) is 2. The number of aromatic amines is 2. The van der Waals surface area contributed by atoms with E-state index in [1.54, 1.807) is 51.2 Å². The summed E-state index contributed by atoms with van der Waals surface area (Å²) in [6.07, 6.45) is 1.03. The number of pyridine rings is 1. The fraction of sp³-hybridized carbons (Fsp3) is 0.278. The molecule has 0 bridgehead atoms. The second-order valence-electron chi connectivity index (χ2n) is 6.82. The number of carbonyl (C=O) groups excluding carboxylic acids is 1. The Kier molecular flexibility index (Phi) is 4.41. The van der Waals surface area contributed by atoms with Crippen LogP contribution in [0.3, 0.4) is 0 Å². The monoisotopic (exact) mass is 356 g/mol. The molecule has 0 atom stereocenters. The Balaban J connectivity index is 1.79. The first-order valence-corrected chi connectivity index (χ1v) is 8.07. The van der Waals surface area contributed by atoms with E-state index in [4.69, 9.17) is 9.47 Å². The maximum Gasteiger partial charge on any atom is 0.412 e. The van der Waals surface area contributed by atoms with Gasteiger partial charge in [-0.3, -0.25) is 10.3 Å². The Hall–Kier alpha value is -3.29. The van der Waals surface area contributed by atoms with Gasteiger partial charge < -0.3 is 14.5 Å². The highest BCUT2D eigenvalue weighted by Gasteiger charge is 2.16. The normalized spacial score (nSPS) is 11.4. The first-order valence-electron chi connectivity index (χ1n) is 8.07. The Morgan fingerprint density at radius 2 is 1.92 bits per heavy atom. The molecule has 0 radical (unpaired) electrons. The van der Waals surface area contributed by atoms with E-state index in [0.717, 1.165) is 5.56 Å². The third kappa shape index (κ3) is 4.02. The van der Waals surface area contributed by atoms with Crippen molar-refractivity contribution in [3.63, 3.8) is 0 Å². The summed E-state index contributed by atoms with van der Waals surface area (Å²) in [5, 5.41) is 2.68. The minimum atomic E-state index is -0.567. The first-order chi connectivity index (χ1) is 12.2. The van der Waals surface area contributed by atoms with Crippen LogP contribution in [0.5, 0.6) is 11.5 Å². The molecule has 0 fully saturated rings. The predicted octanol–water partition coefficient (Wildman–Crippen LogP) is 3.70. The number of H-pyrrole nitrogens is 2. The second kappa shape index (κ2) is 6.55. The van der Waals surface area contributed by atoms with Gasteiger partial charge in [0.1, 0.15) is 16.9 Å². The zero-order valence-electron chi connectivity index (χ0n) is 15.0. The molecule has 3 aromatic rings. The van der Waals surface area contributed by atoms with Gasteiger partial charge in [-0.05, 0) is 51.5 Å². The van der Waals surface area contributed by atoms with Gasteiger partial charge in [-0.15, -0.1) is 0 Å². The van der Waals surface area contributed by atoms with Crippen LogP contribution in [0, 0.1) is 6.92 Å². The molecule has 8 nitrogen and oxygen atoms in total. The van der Waals surface area contributed by atoms with Crippen molar-refractivity contribution < 1.29 is 14.3 Å². The number of rotatable bonds is 3. The van der Waals surface area contributed by atoms with E-state index in [-0.39, 0.29) is 5.69 Å². The smallest absolute Gasteiger partial charge is 0.412 e. The van der Waals surface area contributed by atoms with Crippen LogP contribution in [0.15, 0.2) is 35.3 Å². The van der Waals surface area contributed by atoms with E-state index < -0.39 is 11.7 Å². The summed E-state index contributed by atoms with van der Waals surface area (Å²) in [5.74, 6) is 1.07. The molecule has 1 aromatic carbocycles. The quantitative estimate of drug-likeness (QED) is 0.663. The van der Waals surface area contributed by atoms with Crippen LogP contribution in [0.2, 0.25) is 0 Å². The molecule has 2 aromatic heterocycles. The maximum atomic E-state index is 11.9. The highest BCUT2D eigenvalue weighted by molar-refractivity contribution is 5.85. The lowest BCUT2D eigenvalue weighted by atomic mass is 10.2. The summed E-state index contributed by atoms with van der Waals surface area (Å²) in [6, 6.07) is 6.89. The van der Waals surface area contributed by atoms with E-state index in [0.29, 0.717) is 28.4 Å². The van der Waals surface area contributed by atoms with Crippen molar-refractivity contribution in [3.8, 4) is 11.5 Å². The van der Waals surface area contributed by atoms with Crippen LogP contribution in [0.4, 0.5) is 10.5 Å². The lowest BCUT2D eigenvalue weighted by Crippen LogP contribution is -2.27. The van der Waals surface area contributed by atoms with Gasteiger partial charge in [-0.2, -0.15) is 0 Å².